The molecule has 1 aliphatic carbocycles. The van der Waals surface area contributed by atoms with Crippen molar-refractivity contribution in [1.29, 1.82) is 0 Å². The number of nitrogens with one attached hydrogen (secondary N) is 1. The predicted octanol–water partition coefficient (Wildman–Crippen LogP) is 3.88. The van der Waals surface area contributed by atoms with Gasteiger partial charge in [-0.05, 0) is 62.8 Å². The van der Waals surface area contributed by atoms with Gasteiger partial charge in [-0.15, -0.1) is 0 Å². The monoisotopic (exact) mass is 320 g/mol. The number of nitrogens with zero attached hydrogens (tertiary/aromatic N) is 1. The van der Waals surface area contributed by atoms with Gasteiger partial charge in [-0.3, -0.25) is 4.79 Å². The van der Waals surface area contributed by atoms with Crippen LogP contribution in [-0.4, -0.2) is 18.7 Å². The summed E-state index contributed by atoms with van der Waals surface area (Å²) in [5, 5.41) is 4.69. The normalized spacial score (nSPS) is 18.1. The summed E-state index contributed by atoms with van der Waals surface area (Å²) in [4.78, 5) is 11.7. The standard InChI is InChI=1S/C17H21ClN2O2/c1-12-3-5-14(6-4-12)10-19-20-17(21)11-22-15-7-8-16(18)13(2)9-15/h3,7-10,14H,4-6,11H2,1-2H3,(H,20,21)/b19-10-/t14-/m0/s1. The fourth-order valence-corrected chi connectivity index (χ4v) is 2.34. The van der Waals surface area contributed by atoms with E-state index in [1.165, 1.54) is 5.57 Å². The zero-order valence-electron chi connectivity index (χ0n) is 12.9. The Morgan fingerprint density at radius 2 is 2.32 bits per heavy atom. The van der Waals surface area contributed by atoms with E-state index >= 15 is 0 Å². The summed E-state index contributed by atoms with van der Waals surface area (Å²) in [6.07, 6.45) is 7.22. The number of amides is 1. The molecule has 0 heterocycles. The fourth-order valence-electron chi connectivity index (χ4n) is 2.22. The molecule has 0 aromatic heterocycles. The first-order valence-corrected chi connectivity index (χ1v) is 7.79. The maximum Gasteiger partial charge on any atom is 0.277 e. The van der Waals surface area contributed by atoms with E-state index < -0.39 is 0 Å². The highest BCUT2D eigenvalue weighted by molar-refractivity contribution is 6.31. The van der Waals surface area contributed by atoms with Crippen molar-refractivity contribution in [2.45, 2.75) is 33.1 Å². The summed E-state index contributed by atoms with van der Waals surface area (Å²) < 4.78 is 5.41. The first-order valence-electron chi connectivity index (χ1n) is 7.41. The van der Waals surface area contributed by atoms with Gasteiger partial charge in [0.15, 0.2) is 6.61 Å². The summed E-state index contributed by atoms with van der Waals surface area (Å²) in [5.74, 6) is 0.754. The van der Waals surface area contributed by atoms with Crippen LogP contribution < -0.4 is 10.2 Å². The average Bonchev–Trinajstić information content (AvgIpc) is 2.50. The Balaban J connectivity index is 1.72. The number of hydrogen-bond donors (Lipinski definition) is 1. The lowest BCUT2D eigenvalue weighted by atomic mass is 9.91. The molecule has 118 valence electrons. The van der Waals surface area contributed by atoms with Crippen LogP contribution in [0.2, 0.25) is 5.02 Å². The molecule has 1 N–H and O–H groups in total. The summed E-state index contributed by atoms with van der Waals surface area (Å²) in [7, 11) is 0. The molecular weight excluding hydrogens is 300 g/mol. The van der Waals surface area contributed by atoms with Gasteiger partial charge in [-0.1, -0.05) is 23.3 Å². The summed E-state index contributed by atoms with van der Waals surface area (Å²) in [6.45, 7) is 3.97. The van der Waals surface area contributed by atoms with Crippen molar-refractivity contribution in [1.82, 2.24) is 5.43 Å². The van der Waals surface area contributed by atoms with Gasteiger partial charge >= 0.3 is 0 Å². The van der Waals surface area contributed by atoms with Crippen LogP contribution in [0.1, 0.15) is 31.7 Å². The lowest BCUT2D eigenvalue weighted by molar-refractivity contribution is -0.123. The van der Waals surface area contributed by atoms with Gasteiger partial charge in [0, 0.05) is 11.2 Å². The van der Waals surface area contributed by atoms with Gasteiger partial charge in [0.1, 0.15) is 5.75 Å². The number of benzene rings is 1. The Labute approximate surface area is 136 Å². The number of carbonyl (C=O) groups excluding carboxylic acids is 1. The third-order valence-electron chi connectivity index (χ3n) is 3.65. The third-order valence-corrected chi connectivity index (χ3v) is 4.08. The smallest absolute Gasteiger partial charge is 0.277 e. The van der Waals surface area contributed by atoms with Gasteiger partial charge in [-0.2, -0.15) is 5.10 Å². The molecule has 1 aromatic rings. The minimum atomic E-state index is -0.272. The molecule has 0 aliphatic heterocycles. The van der Waals surface area contributed by atoms with E-state index in [1.54, 1.807) is 18.2 Å². The van der Waals surface area contributed by atoms with Crippen LogP contribution in [0.4, 0.5) is 0 Å². The zero-order valence-corrected chi connectivity index (χ0v) is 13.7. The number of rotatable bonds is 5. The molecule has 1 aromatic carbocycles. The van der Waals surface area contributed by atoms with Gasteiger partial charge in [0.05, 0.1) is 0 Å². The SMILES string of the molecule is CC1=CC[C@H](/C=N\NC(=O)COc2ccc(Cl)c(C)c2)CC1. The quantitative estimate of drug-likeness (QED) is 0.508. The molecule has 0 saturated heterocycles. The maximum absolute atomic E-state index is 11.7. The van der Waals surface area contributed by atoms with Gasteiger partial charge in [-0.25, -0.2) is 5.43 Å². The Morgan fingerprint density at radius 3 is 3.00 bits per heavy atom. The molecule has 2 rings (SSSR count). The second kappa shape index (κ2) is 7.99. The van der Waals surface area contributed by atoms with Crippen molar-refractivity contribution in [3.05, 3.63) is 40.4 Å². The van der Waals surface area contributed by atoms with Crippen molar-refractivity contribution in [3.8, 4) is 5.75 Å². The lowest BCUT2D eigenvalue weighted by Gasteiger charge is -2.15. The molecule has 0 fully saturated rings. The molecule has 4 nitrogen and oxygen atoms in total. The zero-order chi connectivity index (χ0) is 15.9. The molecule has 5 heteroatoms. The first kappa shape index (κ1) is 16.6. The van der Waals surface area contributed by atoms with Crippen LogP contribution in [0.5, 0.6) is 5.75 Å². The Hall–Kier alpha value is -1.81. The molecule has 0 unspecified atom stereocenters. The molecule has 0 saturated carbocycles. The third kappa shape index (κ3) is 5.19. The molecular formula is C17H21ClN2O2. The number of ether oxygens (including phenoxy) is 1. The highest BCUT2D eigenvalue weighted by Gasteiger charge is 2.10. The number of allylic oxidation sites excluding steroid dienone is 2. The fraction of sp³-hybridized carbons (Fsp3) is 0.412. The largest absolute Gasteiger partial charge is 0.484 e. The van der Waals surface area contributed by atoms with E-state index in [-0.39, 0.29) is 12.5 Å². The molecule has 0 radical (unpaired) electrons. The topological polar surface area (TPSA) is 50.7 Å². The van der Waals surface area contributed by atoms with Crippen molar-refractivity contribution < 1.29 is 9.53 Å². The van der Waals surface area contributed by atoms with Crippen molar-refractivity contribution >= 4 is 23.7 Å². The Morgan fingerprint density at radius 1 is 1.50 bits per heavy atom. The minimum Gasteiger partial charge on any atom is -0.484 e. The van der Waals surface area contributed by atoms with E-state index in [9.17, 15) is 4.79 Å². The maximum atomic E-state index is 11.7. The van der Waals surface area contributed by atoms with E-state index in [1.807, 2.05) is 13.1 Å². The van der Waals surface area contributed by atoms with Gasteiger partial charge in [0.25, 0.3) is 5.91 Å². The molecule has 0 bridgehead atoms. The van der Waals surface area contributed by atoms with Crippen molar-refractivity contribution in [2.24, 2.45) is 11.0 Å². The predicted molar refractivity (Wildman–Crippen MR) is 89.4 cm³/mol. The van der Waals surface area contributed by atoms with Crippen LogP contribution in [0.15, 0.2) is 34.9 Å². The van der Waals surface area contributed by atoms with Crippen LogP contribution in [-0.2, 0) is 4.79 Å². The second-order valence-electron chi connectivity index (χ2n) is 5.60. The van der Waals surface area contributed by atoms with Gasteiger partial charge < -0.3 is 4.74 Å². The van der Waals surface area contributed by atoms with E-state index in [0.29, 0.717) is 16.7 Å². The molecule has 22 heavy (non-hydrogen) atoms. The Bertz CT molecular complexity index is 596. The number of carbonyl (C=O) groups is 1. The van der Waals surface area contributed by atoms with Crippen molar-refractivity contribution in [3.63, 3.8) is 0 Å². The molecule has 1 aliphatic rings. The molecule has 0 spiro atoms. The van der Waals surface area contributed by atoms with Crippen molar-refractivity contribution in [2.75, 3.05) is 6.61 Å². The number of halogens is 1. The van der Waals surface area contributed by atoms with E-state index in [4.69, 9.17) is 16.3 Å². The minimum absolute atomic E-state index is 0.0674. The first-order chi connectivity index (χ1) is 10.5. The average molecular weight is 321 g/mol. The summed E-state index contributed by atoms with van der Waals surface area (Å²) in [5.41, 5.74) is 4.84. The summed E-state index contributed by atoms with van der Waals surface area (Å²) in [6, 6.07) is 5.29. The van der Waals surface area contributed by atoms with Crippen LogP contribution in [0.25, 0.3) is 0 Å². The number of aryl methyl sites for hydroxylation is 1. The lowest BCUT2D eigenvalue weighted by Crippen LogP contribution is -2.25. The molecule has 1 atom stereocenters. The number of hydrogen-bond acceptors (Lipinski definition) is 3. The van der Waals surface area contributed by atoms with E-state index in [0.717, 1.165) is 24.8 Å². The molecule has 1 amide bonds. The highest BCUT2D eigenvalue weighted by atomic mass is 35.5. The highest BCUT2D eigenvalue weighted by Crippen LogP contribution is 2.22. The van der Waals surface area contributed by atoms with Crippen LogP contribution >= 0.6 is 11.6 Å². The van der Waals surface area contributed by atoms with Gasteiger partial charge in [0.2, 0.25) is 0 Å². The van der Waals surface area contributed by atoms with E-state index in [2.05, 4.69) is 23.5 Å². The summed E-state index contributed by atoms with van der Waals surface area (Å²) >= 11 is 5.94. The second-order valence-corrected chi connectivity index (χ2v) is 6.00. The number of hydrazone groups is 1. The van der Waals surface area contributed by atoms with Crippen LogP contribution in [0.3, 0.4) is 0 Å². The van der Waals surface area contributed by atoms with Crippen LogP contribution in [0, 0.1) is 12.8 Å². The Kier molecular flexibility index (Phi) is 6.01.